The van der Waals surface area contributed by atoms with Gasteiger partial charge in [0.1, 0.15) is 42.0 Å². The number of allylic oxidation sites excluding steroid dienone is 9. The SMILES string of the molecule is Cc1cc(C)c(N2[CH-][n+]3ccccc3C2c2ccccc2C)c(C)c1.Cc1ccccc1C1[C-]2C=CC=C(c3ccccc3)[N+]2=CN1c1ccc(C(C)C)cc1.Cc1ccccc1C1c2cccc[n+]2C=[N+]1C1=C2[CH-]C=CC=C2[CH-]C=C1.c1ccc(CN2[CH-][n+]3c(ccc4ccccc43)C2c2ccccc2)cc1. The molecule has 0 radical (unpaired) electrons. The van der Waals surface area contributed by atoms with Crippen molar-refractivity contribution >= 4 is 40.7 Å². The van der Waals surface area contributed by atoms with E-state index in [1.54, 1.807) is 0 Å². The van der Waals surface area contributed by atoms with Crippen molar-refractivity contribution in [3.05, 3.63) is 472 Å². The van der Waals surface area contributed by atoms with Gasteiger partial charge in [-0.3, -0.25) is 9.80 Å². The fraction of sp³-hybridized carbons (Fsp3) is 0.140. The van der Waals surface area contributed by atoms with Crippen LogP contribution in [-0.2, 0) is 6.54 Å². The van der Waals surface area contributed by atoms with Gasteiger partial charge in [-0.15, -0.1) is 16.7 Å². The third-order valence-electron chi connectivity index (χ3n) is 21.7. The first kappa shape index (κ1) is 69.7. The molecule has 8 heteroatoms. The number of nitrogens with zero attached hydrogens (tertiary/aromatic N) is 8. The topological polar surface area (TPSA) is 27.4 Å². The highest BCUT2D eigenvalue weighted by atomic mass is 15.3. The molecule has 8 nitrogen and oxygen atoms in total. The van der Waals surface area contributed by atoms with Gasteiger partial charge >= 0.3 is 6.34 Å². The summed E-state index contributed by atoms with van der Waals surface area (Å²) in [7, 11) is 0. The molecule has 5 aliphatic heterocycles. The van der Waals surface area contributed by atoms with Crippen molar-refractivity contribution < 1.29 is 22.9 Å². The van der Waals surface area contributed by atoms with Crippen LogP contribution in [0.1, 0.15) is 133 Å². The Morgan fingerprint density at radius 1 is 0.509 bits per heavy atom. The van der Waals surface area contributed by atoms with Gasteiger partial charge in [-0.05, 0) is 144 Å². The van der Waals surface area contributed by atoms with Crippen LogP contribution in [0, 0.1) is 73.8 Å². The van der Waals surface area contributed by atoms with Crippen molar-refractivity contribution in [1.82, 2.24) is 4.90 Å². The number of hydrogen-bond donors (Lipinski definition) is 0. The van der Waals surface area contributed by atoms with Crippen LogP contribution >= 0.6 is 0 Å². The number of benzene rings is 9. The van der Waals surface area contributed by atoms with Crippen LogP contribution in [0.15, 0.2) is 351 Å². The molecule has 0 amide bonds. The maximum absolute atomic E-state index is 2.44. The summed E-state index contributed by atoms with van der Waals surface area (Å²) >= 11 is 0. The zero-order valence-corrected chi connectivity index (χ0v) is 62.9. The first-order chi connectivity index (χ1) is 52.9. The Hall–Kier alpha value is -12.6. The Labute approximate surface area is 638 Å². The minimum Gasteiger partial charge on any atom is -0.341 e. The number of para-hydroxylation sites is 1. The van der Waals surface area contributed by atoms with Gasteiger partial charge in [0, 0.05) is 35.6 Å². The first-order valence-electron chi connectivity index (χ1n) is 37.9. The van der Waals surface area contributed by atoms with E-state index in [4.69, 9.17) is 0 Å². The van der Waals surface area contributed by atoms with E-state index in [0.29, 0.717) is 5.92 Å². The molecule has 12 aromatic rings. The lowest BCUT2D eigenvalue weighted by Crippen LogP contribution is -2.34. The zero-order chi connectivity index (χ0) is 73.8. The maximum Gasteiger partial charge on any atom is 0.404 e. The Balaban J connectivity index is 0.000000110. The van der Waals surface area contributed by atoms with Gasteiger partial charge in [0.2, 0.25) is 0 Å². The summed E-state index contributed by atoms with van der Waals surface area (Å²) in [4.78, 5) is 7.28. The Kier molecular flexibility index (Phi) is 19.9. The lowest BCUT2D eigenvalue weighted by molar-refractivity contribution is -0.630. The number of pyridine rings is 3. The molecule has 0 N–H and O–H groups in total. The molecular formula is C100H92N8. The van der Waals surface area contributed by atoms with Gasteiger partial charge in [0.05, 0.1) is 30.0 Å². The van der Waals surface area contributed by atoms with Crippen LogP contribution in [0.25, 0.3) is 16.6 Å². The van der Waals surface area contributed by atoms with Gasteiger partial charge in [0.15, 0.2) is 12.5 Å². The number of aromatic nitrogens is 3. The highest BCUT2D eigenvalue weighted by Gasteiger charge is 2.43. The molecular weight excluding hydrogens is 1310 g/mol. The molecule has 4 unspecified atom stereocenters. The molecule has 0 bridgehead atoms. The molecule has 8 heterocycles. The van der Waals surface area contributed by atoms with Crippen LogP contribution in [0.3, 0.4) is 0 Å². The summed E-state index contributed by atoms with van der Waals surface area (Å²) in [6, 6.07) is 99.8. The molecule has 0 fully saturated rings. The first-order valence-corrected chi connectivity index (χ1v) is 37.9. The summed E-state index contributed by atoms with van der Waals surface area (Å²) in [5, 5.41) is 1.26. The molecule has 532 valence electrons. The van der Waals surface area contributed by atoms with Crippen molar-refractivity contribution in [2.45, 2.75) is 92.0 Å². The largest absolute Gasteiger partial charge is 0.404 e. The molecule has 19 rings (SSSR count). The highest BCUT2D eigenvalue weighted by molar-refractivity contribution is 5.84. The highest BCUT2D eigenvalue weighted by Crippen LogP contribution is 2.46. The van der Waals surface area contributed by atoms with Crippen molar-refractivity contribution in [2.24, 2.45) is 0 Å². The van der Waals surface area contributed by atoms with E-state index in [-0.39, 0.29) is 24.2 Å². The number of anilines is 2. The van der Waals surface area contributed by atoms with E-state index in [0.717, 1.165) is 6.54 Å². The average molecular weight is 1410 g/mol. The molecule has 2 aliphatic carbocycles. The van der Waals surface area contributed by atoms with E-state index in [1.165, 1.54) is 140 Å². The molecule has 4 atom stereocenters. The van der Waals surface area contributed by atoms with E-state index in [2.05, 4.69) is 466 Å². The lowest BCUT2D eigenvalue weighted by Gasteiger charge is -2.32. The summed E-state index contributed by atoms with van der Waals surface area (Å²) < 4.78 is 11.6. The van der Waals surface area contributed by atoms with Gasteiger partial charge in [-0.2, -0.15) is 41.2 Å². The van der Waals surface area contributed by atoms with Crippen LogP contribution < -0.4 is 23.5 Å². The van der Waals surface area contributed by atoms with Gasteiger partial charge in [-0.1, -0.05) is 262 Å². The summed E-state index contributed by atoms with van der Waals surface area (Å²) in [5.74, 6) is 0.528. The van der Waals surface area contributed by atoms with Gasteiger partial charge < -0.3 is 18.6 Å². The zero-order valence-electron chi connectivity index (χ0n) is 62.9. The Bertz CT molecular complexity index is 5560. The standard InChI is InChI=1S/C29H28N2.2C24H20N2.C23H24N2/c1-21(2)23-16-18-25(19-17-23)30-20-31-27(24-11-5-4-6-12-24)14-9-15-28(31)29(30)26-13-8-7-10-22(26)3;1-18-9-2-4-12-20(18)24-23-14-6-7-16-25(23)17-26(24)22-15-8-11-19-10-3-5-13-21(19)22;1-3-9-19(10-4-1)17-25-18-26-22-14-8-7-11-20(22)15-16-23(26)24(25)21-12-5-2-6-13-21;1-16-13-18(3)22(19(4)14-16)25-15-24-12-8-7-11-21(24)23(25)20-10-6-5-9-17(20)2/h4-21,29H,1-3H3;2-17,24H,1H3;1-16,18,24H,17H2;5-15,23H,1-4H3. The minimum atomic E-state index is 0.134. The number of rotatable bonds is 11. The maximum atomic E-state index is 2.44. The molecule has 108 heavy (non-hydrogen) atoms. The van der Waals surface area contributed by atoms with Crippen LogP contribution in [0.5, 0.6) is 0 Å². The monoisotopic (exact) mass is 1400 g/mol. The predicted octanol–water partition coefficient (Wildman–Crippen LogP) is 20.4. The molecule has 9 aromatic carbocycles. The molecule has 0 saturated carbocycles. The van der Waals surface area contributed by atoms with E-state index >= 15 is 0 Å². The second-order valence-corrected chi connectivity index (χ2v) is 29.2. The van der Waals surface area contributed by atoms with Crippen molar-refractivity contribution in [3.63, 3.8) is 0 Å². The lowest BCUT2D eigenvalue weighted by atomic mass is 9.89. The second kappa shape index (κ2) is 30.8. The predicted molar refractivity (Wildman–Crippen MR) is 440 cm³/mol. The average Bonchev–Trinajstić information content (AvgIpc) is 1.62. The van der Waals surface area contributed by atoms with Crippen LogP contribution in [-0.4, -0.2) is 26.7 Å². The van der Waals surface area contributed by atoms with Crippen molar-refractivity contribution in [2.75, 3.05) is 9.80 Å². The fourth-order valence-corrected chi connectivity index (χ4v) is 16.5. The number of aryl methyl sites for hydroxylation is 6. The van der Waals surface area contributed by atoms with Crippen LogP contribution in [0.2, 0.25) is 0 Å². The minimum absolute atomic E-state index is 0.134. The summed E-state index contributed by atoms with van der Waals surface area (Å²) in [6.07, 6.45) is 30.5. The van der Waals surface area contributed by atoms with Gasteiger partial charge in [-0.25, -0.2) is 11.6 Å². The molecule has 0 spiro atoms. The summed E-state index contributed by atoms with van der Waals surface area (Å²) in [5.41, 5.74) is 29.8. The van der Waals surface area contributed by atoms with Crippen LogP contribution in [0.4, 0.5) is 11.4 Å². The van der Waals surface area contributed by atoms with Gasteiger partial charge in [0.25, 0.3) is 11.7 Å². The second-order valence-electron chi connectivity index (χ2n) is 29.2. The third-order valence-corrected chi connectivity index (χ3v) is 21.7. The fourth-order valence-electron chi connectivity index (χ4n) is 16.5. The quantitative estimate of drug-likeness (QED) is 0.0954. The van der Waals surface area contributed by atoms with E-state index in [9.17, 15) is 0 Å². The Morgan fingerprint density at radius 3 is 1.85 bits per heavy atom. The molecule has 7 aliphatic rings. The number of hydrogen-bond acceptors (Lipinski definition) is 3. The van der Waals surface area contributed by atoms with E-state index in [1.807, 2.05) is 0 Å². The number of fused-ring (bicyclic) bond motifs is 7. The van der Waals surface area contributed by atoms with Crippen molar-refractivity contribution in [3.8, 4) is 0 Å². The molecule has 0 saturated heterocycles. The van der Waals surface area contributed by atoms with Crippen molar-refractivity contribution in [1.29, 1.82) is 0 Å². The smallest absolute Gasteiger partial charge is 0.341 e. The Morgan fingerprint density at radius 2 is 1.14 bits per heavy atom. The normalized spacial score (nSPS) is 17.5. The third kappa shape index (κ3) is 13.9. The van der Waals surface area contributed by atoms with E-state index < -0.39 is 0 Å². The summed E-state index contributed by atoms with van der Waals surface area (Å²) in [6.45, 7) is 23.1. The molecule has 3 aromatic heterocycles.